The molecule has 31 heavy (non-hydrogen) atoms. The van der Waals surface area contributed by atoms with Gasteiger partial charge in [-0.25, -0.2) is 18.7 Å². The van der Waals surface area contributed by atoms with Crippen molar-refractivity contribution >= 4 is 16.7 Å². The van der Waals surface area contributed by atoms with Crippen molar-refractivity contribution in [2.45, 2.75) is 13.0 Å². The van der Waals surface area contributed by atoms with E-state index in [2.05, 4.69) is 9.88 Å². The molecule has 0 atom stereocenters. The Hall–Kier alpha value is -3.45. The van der Waals surface area contributed by atoms with E-state index < -0.39 is 11.6 Å². The molecule has 2 aromatic heterocycles. The van der Waals surface area contributed by atoms with E-state index in [-0.39, 0.29) is 6.10 Å². The molecular weight excluding hydrogens is 398 g/mol. The maximum Gasteiger partial charge on any atom is 0.163 e. The predicted molar refractivity (Wildman–Crippen MR) is 116 cm³/mol. The summed E-state index contributed by atoms with van der Waals surface area (Å²) in [7, 11) is 0. The summed E-state index contributed by atoms with van der Waals surface area (Å²) in [5, 5.41) is 0.869. The van der Waals surface area contributed by atoms with E-state index in [1.807, 2.05) is 37.3 Å². The number of hydrogen-bond donors (Lipinski definition) is 0. The van der Waals surface area contributed by atoms with Gasteiger partial charge in [-0.1, -0.05) is 6.07 Å². The van der Waals surface area contributed by atoms with Gasteiger partial charge in [0.2, 0.25) is 0 Å². The molecular formula is C24H20F2N4O. The topological polar surface area (TPSA) is 51.1 Å². The SMILES string of the molecule is CCOC1CN(c2nc(-c3cccnc3)nc3cc(-c4ccc(F)cc4F)ccc23)C1. The smallest absolute Gasteiger partial charge is 0.163 e. The van der Waals surface area contributed by atoms with Gasteiger partial charge in [0.15, 0.2) is 5.82 Å². The Balaban J connectivity index is 1.63. The highest BCUT2D eigenvalue weighted by molar-refractivity contribution is 5.94. The van der Waals surface area contributed by atoms with E-state index in [9.17, 15) is 8.78 Å². The summed E-state index contributed by atoms with van der Waals surface area (Å²) in [6.45, 7) is 4.16. The number of rotatable bonds is 5. The lowest BCUT2D eigenvalue weighted by molar-refractivity contribution is 0.0428. The van der Waals surface area contributed by atoms with Crippen LogP contribution in [0.25, 0.3) is 33.4 Å². The first kappa shape index (κ1) is 19.5. The second-order valence-corrected chi connectivity index (χ2v) is 7.45. The quantitative estimate of drug-likeness (QED) is 0.463. The zero-order chi connectivity index (χ0) is 21.4. The molecule has 0 radical (unpaired) electrons. The maximum absolute atomic E-state index is 14.4. The molecule has 0 bridgehead atoms. The standard InChI is InChI=1S/C24H20F2N4O/c1-2-31-18-13-30(14-18)24-20-7-5-15(19-8-6-17(25)11-21(19)26)10-22(20)28-23(29-24)16-4-3-9-27-12-16/h3-12,18H,2,13-14H2,1H3. The molecule has 7 heteroatoms. The lowest BCUT2D eigenvalue weighted by atomic mass is 10.0. The van der Waals surface area contributed by atoms with E-state index in [0.717, 1.165) is 35.9 Å². The molecule has 1 aliphatic heterocycles. The zero-order valence-electron chi connectivity index (χ0n) is 16.9. The molecule has 1 saturated heterocycles. The van der Waals surface area contributed by atoms with Crippen LogP contribution < -0.4 is 4.90 Å². The third kappa shape index (κ3) is 3.72. The number of aromatic nitrogens is 3. The van der Waals surface area contributed by atoms with Crippen LogP contribution in [0.1, 0.15) is 6.92 Å². The summed E-state index contributed by atoms with van der Waals surface area (Å²) in [5.74, 6) is 0.147. The van der Waals surface area contributed by atoms with Crippen LogP contribution in [0, 0.1) is 11.6 Å². The average molecular weight is 418 g/mol. The van der Waals surface area contributed by atoms with Gasteiger partial charge in [0.1, 0.15) is 17.5 Å². The van der Waals surface area contributed by atoms with Crippen LogP contribution in [0.5, 0.6) is 0 Å². The Morgan fingerprint density at radius 1 is 1.03 bits per heavy atom. The number of anilines is 1. The molecule has 5 rings (SSSR count). The first-order valence-electron chi connectivity index (χ1n) is 10.2. The highest BCUT2D eigenvalue weighted by Gasteiger charge is 2.30. The molecule has 0 N–H and O–H groups in total. The molecule has 3 heterocycles. The number of ether oxygens (including phenoxy) is 1. The van der Waals surface area contributed by atoms with Crippen LogP contribution >= 0.6 is 0 Å². The van der Waals surface area contributed by atoms with Gasteiger partial charge in [0.25, 0.3) is 0 Å². The fourth-order valence-electron chi connectivity index (χ4n) is 3.82. The highest BCUT2D eigenvalue weighted by atomic mass is 19.1. The van der Waals surface area contributed by atoms with Crippen molar-refractivity contribution in [2.75, 3.05) is 24.6 Å². The van der Waals surface area contributed by atoms with Crippen molar-refractivity contribution in [1.82, 2.24) is 15.0 Å². The number of hydrogen-bond acceptors (Lipinski definition) is 5. The second kappa shape index (κ2) is 8.00. The minimum Gasteiger partial charge on any atom is -0.375 e. The summed E-state index contributed by atoms with van der Waals surface area (Å²) >= 11 is 0. The molecule has 1 aliphatic rings. The van der Waals surface area contributed by atoms with E-state index >= 15 is 0 Å². The molecule has 156 valence electrons. The van der Waals surface area contributed by atoms with Crippen LogP contribution in [-0.4, -0.2) is 40.8 Å². The summed E-state index contributed by atoms with van der Waals surface area (Å²) in [5.41, 5.74) is 2.44. The lowest BCUT2D eigenvalue weighted by Crippen LogP contribution is -2.52. The van der Waals surface area contributed by atoms with Crippen LogP contribution in [-0.2, 0) is 4.74 Å². The minimum atomic E-state index is -0.608. The number of pyridine rings is 1. The fraction of sp³-hybridized carbons (Fsp3) is 0.208. The Morgan fingerprint density at radius 3 is 2.65 bits per heavy atom. The third-order valence-corrected chi connectivity index (χ3v) is 5.39. The fourth-order valence-corrected chi connectivity index (χ4v) is 3.82. The van der Waals surface area contributed by atoms with Gasteiger partial charge in [0, 0.05) is 54.7 Å². The molecule has 0 saturated carbocycles. The zero-order valence-corrected chi connectivity index (χ0v) is 16.9. The van der Waals surface area contributed by atoms with Crippen molar-refractivity contribution in [3.05, 3.63) is 72.6 Å². The molecule has 0 aliphatic carbocycles. The van der Waals surface area contributed by atoms with Crippen molar-refractivity contribution in [3.8, 4) is 22.5 Å². The Labute approximate surface area is 178 Å². The molecule has 1 fully saturated rings. The van der Waals surface area contributed by atoms with Gasteiger partial charge in [-0.2, -0.15) is 0 Å². The van der Waals surface area contributed by atoms with Gasteiger partial charge in [-0.3, -0.25) is 4.98 Å². The first-order chi connectivity index (χ1) is 15.1. The van der Waals surface area contributed by atoms with Crippen molar-refractivity contribution in [1.29, 1.82) is 0 Å². The molecule has 2 aromatic carbocycles. The highest BCUT2D eigenvalue weighted by Crippen LogP contribution is 2.34. The number of benzene rings is 2. The monoisotopic (exact) mass is 418 g/mol. The van der Waals surface area contributed by atoms with Crippen LogP contribution in [0.4, 0.5) is 14.6 Å². The predicted octanol–water partition coefficient (Wildman–Crippen LogP) is 4.86. The molecule has 4 aromatic rings. The van der Waals surface area contributed by atoms with Gasteiger partial charge < -0.3 is 9.64 Å². The van der Waals surface area contributed by atoms with Gasteiger partial charge in [-0.05, 0) is 48.9 Å². The molecule has 5 nitrogen and oxygen atoms in total. The first-order valence-corrected chi connectivity index (χ1v) is 10.2. The third-order valence-electron chi connectivity index (χ3n) is 5.39. The van der Waals surface area contributed by atoms with Crippen LogP contribution in [0.2, 0.25) is 0 Å². The second-order valence-electron chi connectivity index (χ2n) is 7.45. The Morgan fingerprint density at radius 2 is 1.90 bits per heavy atom. The van der Waals surface area contributed by atoms with E-state index in [4.69, 9.17) is 14.7 Å². The van der Waals surface area contributed by atoms with Gasteiger partial charge in [-0.15, -0.1) is 0 Å². The van der Waals surface area contributed by atoms with Gasteiger partial charge >= 0.3 is 0 Å². The largest absolute Gasteiger partial charge is 0.375 e. The summed E-state index contributed by atoms with van der Waals surface area (Å²) in [6, 6.07) is 12.8. The van der Waals surface area contributed by atoms with Crippen LogP contribution in [0.15, 0.2) is 60.9 Å². The average Bonchev–Trinajstić information content (AvgIpc) is 2.75. The van der Waals surface area contributed by atoms with Crippen molar-refractivity contribution in [3.63, 3.8) is 0 Å². The minimum absolute atomic E-state index is 0.185. The van der Waals surface area contributed by atoms with E-state index in [1.165, 1.54) is 12.1 Å². The normalized spacial score (nSPS) is 14.1. The van der Waals surface area contributed by atoms with Crippen molar-refractivity contribution in [2.24, 2.45) is 0 Å². The Kier molecular flexibility index (Phi) is 5.03. The maximum atomic E-state index is 14.4. The van der Waals surface area contributed by atoms with Crippen molar-refractivity contribution < 1.29 is 13.5 Å². The molecule has 0 spiro atoms. The van der Waals surface area contributed by atoms with Crippen LogP contribution in [0.3, 0.4) is 0 Å². The summed E-state index contributed by atoms with van der Waals surface area (Å²) in [6.07, 6.45) is 3.60. The lowest BCUT2D eigenvalue weighted by Gasteiger charge is -2.40. The number of fused-ring (bicyclic) bond motifs is 1. The van der Waals surface area contributed by atoms with Gasteiger partial charge in [0.05, 0.1) is 11.6 Å². The number of nitrogens with zero attached hydrogens (tertiary/aromatic N) is 4. The molecule has 0 unspecified atom stereocenters. The summed E-state index contributed by atoms with van der Waals surface area (Å²) < 4.78 is 33.4. The summed E-state index contributed by atoms with van der Waals surface area (Å²) in [4.78, 5) is 15.9. The van der Waals surface area contributed by atoms with E-state index in [1.54, 1.807) is 12.4 Å². The number of halogens is 2. The van der Waals surface area contributed by atoms with E-state index in [0.29, 0.717) is 29.1 Å². The Bertz CT molecular complexity index is 1240. The molecule has 0 amide bonds.